The minimum Gasteiger partial charge on any atom is -0.504 e. The van der Waals surface area contributed by atoms with E-state index in [4.69, 9.17) is 4.74 Å². The van der Waals surface area contributed by atoms with Gasteiger partial charge in [0.2, 0.25) is 34.7 Å². The van der Waals surface area contributed by atoms with Crippen LogP contribution in [0.15, 0.2) is 42.5 Å². The largest absolute Gasteiger partial charge is 0.504 e. The van der Waals surface area contributed by atoms with E-state index >= 15 is 0 Å². The van der Waals surface area contributed by atoms with E-state index in [9.17, 15) is 88.0 Å². The zero-order valence-electron chi connectivity index (χ0n) is 55.7. The number of benzene rings is 2. The molecule has 34 heteroatoms. The van der Waals surface area contributed by atoms with Crippen LogP contribution in [-0.2, 0) is 45.5 Å². The number of β-amino-alcohol motifs (C(OH)–C–C–N with tert-alkyl or cyclic N) is 2. The molecule has 8 rings (SSSR count). The number of aromatic hydroxyl groups is 1. The maximum atomic E-state index is 14.7. The molecule has 98 heavy (non-hydrogen) atoms. The van der Waals surface area contributed by atoms with Crippen molar-refractivity contribution in [2.24, 2.45) is 17.8 Å². The number of nitrogens with zero attached hydrogens (tertiary/aromatic N) is 6. The summed E-state index contributed by atoms with van der Waals surface area (Å²) in [7, 11) is -3.33. The Labute approximate surface area is 574 Å². The number of rotatable bonds is 34. The third-order valence-electron chi connectivity index (χ3n) is 19.8. The molecule has 0 bridgehead atoms. The number of methoxy groups -OCH3 is 1. The van der Waals surface area contributed by atoms with Crippen molar-refractivity contribution in [2.75, 3.05) is 102 Å². The number of aromatic nitrogens is 2. The van der Waals surface area contributed by atoms with Gasteiger partial charge in [-0.15, -0.1) is 10.2 Å². The molecule has 1 aromatic heterocycles. The second-order valence-electron chi connectivity index (χ2n) is 26.8. The molecular formula is C64H100N12O20S2. The number of phenols is 1. The van der Waals surface area contributed by atoms with Gasteiger partial charge in [0.05, 0.1) is 74.3 Å². The first kappa shape index (κ1) is 77.7. The Bertz CT molecular complexity index is 3180. The second-order valence-corrected chi connectivity index (χ2v) is 28.7. The highest BCUT2D eigenvalue weighted by atomic mass is 32.3. The minimum atomic E-state index is -5.20. The molecule has 5 fully saturated rings. The first-order chi connectivity index (χ1) is 46.7. The summed E-state index contributed by atoms with van der Waals surface area (Å²) in [6.07, 6.45) is -1.01. The second kappa shape index (κ2) is 36.0. The van der Waals surface area contributed by atoms with Crippen LogP contribution in [0.4, 0.5) is 10.8 Å². The molecule has 5 amide bonds. The molecule has 12 atom stereocenters. The summed E-state index contributed by atoms with van der Waals surface area (Å²) in [4.78, 5) is 79.4. The predicted molar refractivity (Wildman–Crippen MR) is 357 cm³/mol. The number of hydrogen-bond acceptors (Lipinski definition) is 27. The fraction of sp³-hybridized carbons (Fsp3) is 0.703. The van der Waals surface area contributed by atoms with Gasteiger partial charge in [-0.25, -0.2) is 0 Å². The Morgan fingerprint density at radius 3 is 2.09 bits per heavy atom. The smallest absolute Gasteiger partial charge is 0.446 e. The van der Waals surface area contributed by atoms with Gasteiger partial charge in [0.15, 0.2) is 11.5 Å². The van der Waals surface area contributed by atoms with Gasteiger partial charge >= 0.3 is 10.4 Å². The first-order valence-electron chi connectivity index (χ1n) is 33.8. The van der Waals surface area contributed by atoms with E-state index in [1.165, 1.54) is 61.3 Å². The van der Waals surface area contributed by atoms with Crippen molar-refractivity contribution in [3.05, 3.63) is 48.0 Å². The normalized spacial score (nSPS) is 22.8. The number of nitrogens with one attached hydrogen (secondary N) is 6. The molecule has 5 heterocycles. The highest BCUT2D eigenvalue weighted by Crippen LogP contribution is 2.43. The molecule has 548 valence electrons. The van der Waals surface area contributed by atoms with E-state index < -0.39 is 170 Å². The zero-order valence-corrected chi connectivity index (χ0v) is 57.3. The highest BCUT2D eigenvalue weighted by molar-refractivity contribution is 7.81. The number of aliphatic hydroxyl groups excluding tert-OH is 9. The molecule has 5 aliphatic rings. The van der Waals surface area contributed by atoms with Crippen molar-refractivity contribution in [1.29, 1.82) is 0 Å². The van der Waals surface area contributed by atoms with Crippen LogP contribution in [0.2, 0.25) is 0 Å². The van der Waals surface area contributed by atoms with E-state index in [1.807, 2.05) is 7.11 Å². The number of anilines is 2. The van der Waals surface area contributed by atoms with Crippen molar-refractivity contribution >= 4 is 62.1 Å². The number of ether oxygens (including phenoxy) is 1. The van der Waals surface area contributed by atoms with Crippen molar-refractivity contribution < 1.29 is 96.9 Å². The fourth-order valence-corrected chi connectivity index (χ4v) is 15.2. The summed E-state index contributed by atoms with van der Waals surface area (Å²) in [5, 5.41) is 133. The molecule has 17 N–H and O–H groups in total. The van der Waals surface area contributed by atoms with E-state index in [-0.39, 0.29) is 62.6 Å². The summed E-state index contributed by atoms with van der Waals surface area (Å²) < 4.78 is 43.3. The number of phenolic OH excluding ortho intramolecular Hbond substituents is 1. The van der Waals surface area contributed by atoms with Gasteiger partial charge in [-0.05, 0) is 125 Å². The molecule has 0 unspecified atom stereocenters. The lowest BCUT2D eigenvalue weighted by Gasteiger charge is -2.47. The maximum Gasteiger partial charge on any atom is 0.446 e. The molecule has 1 saturated carbocycles. The van der Waals surface area contributed by atoms with E-state index in [2.05, 4.69) is 80.3 Å². The summed E-state index contributed by atoms with van der Waals surface area (Å²) in [6, 6.07) is 1.96. The average molecular weight is 1420 g/mol. The standard InChI is InChI=1S/C64H100N12O20S2/c1-37-31-75(33-52(37)86)61(90)56(50(84)15-20-66-43(34-77)35-78)70-59(89)55(51(85)25-40-9-14-49(83)53(26-40)96-98(92,93)94)69-58(88)48-28-46(82)32-76(48)62(91)54(38(2)80)68-57(87)47(27-45(81)30-65-36-79)67-29-39-16-21-74(22-17-39)63-72-71-60(97-63)41-10-12-44(13-11-41)73-23-18-64(95-3,19-24-73)42-7-5-4-6-8-42/h9-14,26,37-39,42-43,45-48,50-52,54-56,65-67,77-86H,4-8,15-25,27-36H2,1-3H3,(H,68,87)(H,69,88)(H,70,89)(H,92,93,94)/t37-,38+,45+,46+,47-,48-,50+,51+,52+,54-,55-,56-/m0/s1. The number of amides is 5. The third-order valence-corrected chi connectivity index (χ3v) is 21.2. The average Bonchev–Trinajstić information content (AvgIpc) is 1.37. The summed E-state index contributed by atoms with van der Waals surface area (Å²) >= 11 is 1.50. The lowest BCUT2D eigenvalue weighted by Crippen LogP contribution is -2.63. The van der Waals surface area contributed by atoms with Crippen LogP contribution in [0.3, 0.4) is 0 Å². The topological polar surface area (TPSA) is 471 Å². The summed E-state index contributed by atoms with van der Waals surface area (Å²) in [5.74, 6) is -6.63. The molecule has 32 nitrogen and oxygen atoms in total. The van der Waals surface area contributed by atoms with Crippen LogP contribution in [-0.4, -0.2) is 285 Å². The van der Waals surface area contributed by atoms with Crippen LogP contribution in [0.1, 0.15) is 96.5 Å². The van der Waals surface area contributed by atoms with Gasteiger partial charge in [-0.2, -0.15) is 8.42 Å². The Hall–Kier alpha value is -6.06. The Morgan fingerprint density at radius 1 is 0.786 bits per heavy atom. The van der Waals surface area contributed by atoms with Gasteiger partial charge < -0.3 is 106 Å². The number of carbonyl (C=O) groups is 5. The number of aliphatic hydroxyl groups is 9. The van der Waals surface area contributed by atoms with Crippen molar-refractivity contribution in [3.8, 4) is 22.1 Å². The van der Waals surface area contributed by atoms with Crippen molar-refractivity contribution in [1.82, 2.24) is 51.9 Å². The number of carbonyl (C=O) groups excluding carboxylic acids is 5. The highest BCUT2D eigenvalue weighted by Gasteiger charge is 2.47. The molecule has 0 spiro atoms. The van der Waals surface area contributed by atoms with Crippen LogP contribution in [0, 0.1) is 17.8 Å². The van der Waals surface area contributed by atoms with Gasteiger partial charge in [-0.3, -0.25) is 33.8 Å². The van der Waals surface area contributed by atoms with Crippen LogP contribution < -0.4 is 45.9 Å². The summed E-state index contributed by atoms with van der Waals surface area (Å²) in [6.45, 7) is 3.81. The monoisotopic (exact) mass is 1420 g/mol. The van der Waals surface area contributed by atoms with Crippen molar-refractivity contribution in [3.63, 3.8) is 0 Å². The molecule has 4 saturated heterocycles. The lowest BCUT2D eigenvalue weighted by atomic mass is 9.72. The van der Waals surface area contributed by atoms with Gasteiger partial charge in [0, 0.05) is 89.5 Å². The van der Waals surface area contributed by atoms with E-state index in [0.717, 1.165) is 64.4 Å². The third kappa shape index (κ3) is 20.8. The van der Waals surface area contributed by atoms with E-state index in [1.54, 1.807) is 6.92 Å². The Morgan fingerprint density at radius 2 is 1.47 bits per heavy atom. The molecule has 4 aliphatic heterocycles. The SMILES string of the molecule is COC1(C2CCCCC2)CCN(c2ccc(-c3nnc(N4CCC(CN[C@@H](C[C@@H](O)CNCO)C(=O)N[C@H](C(=O)N5C[C@H](O)C[C@H]5C(=O)N[C@H](C(=O)N[C@H](C(=O)N5C[C@@H](O)[C@@H](C)C5)[C@H](O)CCNC(CO)CO)[C@H](O)Cc5ccc(O)c(OS(=O)(=O)O)c5)[C@@H](C)O)CC4)s3)cc2)CC1. The molecule has 0 radical (unpaired) electrons. The fourth-order valence-electron chi connectivity index (χ4n) is 14.0. The Balaban J connectivity index is 0.926. The number of piperidine rings is 2. The predicted octanol–water partition coefficient (Wildman–Crippen LogP) is -2.94. The van der Waals surface area contributed by atoms with Gasteiger partial charge in [0.1, 0.15) is 29.2 Å². The van der Waals surface area contributed by atoms with Gasteiger partial charge in [-0.1, -0.05) is 43.6 Å². The van der Waals surface area contributed by atoms with Crippen LogP contribution in [0.25, 0.3) is 10.6 Å². The van der Waals surface area contributed by atoms with Crippen molar-refractivity contribution in [2.45, 2.75) is 176 Å². The van der Waals surface area contributed by atoms with Crippen LogP contribution >= 0.6 is 11.3 Å². The number of likely N-dealkylation sites (tertiary alicyclic amines) is 2. The minimum absolute atomic E-state index is 0.00317. The quantitative estimate of drug-likeness (QED) is 0.0210. The summed E-state index contributed by atoms with van der Waals surface area (Å²) in [5.41, 5.74) is 2.01. The number of hydrogen-bond donors (Lipinski definition) is 17. The van der Waals surface area contributed by atoms with E-state index in [0.29, 0.717) is 31.8 Å². The molecule has 1 aliphatic carbocycles. The molecular weight excluding hydrogens is 1320 g/mol. The molecule has 2 aromatic carbocycles. The van der Waals surface area contributed by atoms with Gasteiger partial charge in [0.25, 0.3) is 0 Å². The zero-order chi connectivity index (χ0) is 71.0. The Kier molecular flexibility index (Phi) is 28.5. The lowest BCUT2D eigenvalue weighted by molar-refractivity contribution is -0.145. The maximum absolute atomic E-state index is 14.7. The van der Waals surface area contributed by atoms with Crippen LogP contribution in [0.5, 0.6) is 11.5 Å². The molecule has 3 aromatic rings. The first-order valence-corrected chi connectivity index (χ1v) is 36.0.